The highest BCUT2D eigenvalue weighted by atomic mass is 16.2. The molecule has 84 valence electrons. The predicted octanol–water partition coefficient (Wildman–Crippen LogP) is 1.54. The summed E-state index contributed by atoms with van der Waals surface area (Å²) >= 11 is 0. The van der Waals surface area contributed by atoms with Crippen LogP contribution in [-0.4, -0.2) is 18.5 Å². The van der Waals surface area contributed by atoms with Crippen LogP contribution in [0.2, 0.25) is 0 Å². The standard InChI is InChI=1S/C13H16N2O/c1-4-9-14-13(16)11(3)15-12-8-6-5-7-10(12)2/h1,5-8,11,15H,9H2,2-3H3,(H,14,16). The second kappa shape index (κ2) is 5.82. The first kappa shape index (κ1) is 12.1. The molecule has 2 N–H and O–H groups in total. The fourth-order valence-electron chi connectivity index (χ4n) is 1.32. The molecule has 1 amide bonds. The van der Waals surface area contributed by atoms with Crippen molar-refractivity contribution >= 4 is 11.6 Å². The lowest BCUT2D eigenvalue weighted by Gasteiger charge is -2.15. The first-order chi connectivity index (χ1) is 7.65. The molecule has 0 fully saturated rings. The quantitative estimate of drug-likeness (QED) is 0.750. The van der Waals surface area contributed by atoms with Crippen LogP contribution >= 0.6 is 0 Å². The van der Waals surface area contributed by atoms with E-state index in [1.807, 2.05) is 31.2 Å². The molecule has 0 aliphatic rings. The van der Waals surface area contributed by atoms with Crippen LogP contribution < -0.4 is 10.6 Å². The van der Waals surface area contributed by atoms with Gasteiger partial charge in [-0.15, -0.1) is 6.42 Å². The van der Waals surface area contributed by atoms with E-state index in [4.69, 9.17) is 6.42 Å². The first-order valence-electron chi connectivity index (χ1n) is 5.18. The Morgan fingerprint density at radius 3 is 2.81 bits per heavy atom. The van der Waals surface area contributed by atoms with Crippen LogP contribution in [0.1, 0.15) is 12.5 Å². The number of rotatable bonds is 4. The van der Waals surface area contributed by atoms with Crippen LogP contribution in [0, 0.1) is 19.3 Å². The van der Waals surface area contributed by atoms with Crippen LogP contribution in [0.15, 0.2) is 24.3 Å². The van der Waals surface area contributed by atoms with E-state index in [0.29, 0.717) is 0 Å². The van der Waals surface area contributed by atoms with Crippen molar-refractivity contribution in [3.05, 3.63) is 29.8 Å². The number of hydrogen-bond acceptors (Lipinski definition) is 2. The average molecular weight is 216 g/mol. The Kier molecular flexibility index (Phi) is 4.41. The van der Waals surface area contributed by atoms with Crippen LogP contribution in [-0.2, 0) is 4.79 Å². The van der Waals surface area contributed by atoms with E-state index in [9.17, 15) is 4.79 Å². The van der Waals surface area contributed by atoms with Crippen molar-refractivity contribution < 1.29 is 4.79 Å². The van der Waals surface area contributed by atoms with Gasteiger partial charge in [-0.1, -0.05) is 24.1 Å². The molecule has 1 aromatic rings. The number of aryl methyl sites for hydroxylation is 1. The van der Waals surface area contributed by atoms with Crippen LogP contribution in [0.5, 0.6) is 0 Å². The summed E-state index contributed by atoms with van der Waals surface area (Å²) in [5.74, 6) is 2.27. The number of terminal acetylenes is 1. The second-order valence-corrected chi connectivity index (χ2v) is 3.60. The number of para-hydroxylation sites is 1. The average Bonchev–Trinajstić information content (AvgIpc) is 2.28. The lowest BCUT2D eigenvalue weighted by Crippen LogP contribution is -2.37. The van der Waals surface area contributed by atoms with Crippen LogP contribution in [0.3, 0.4) is 0 Å². The van der Waals surface area contributed by atoms with E-state index in [1.54, 1.807) is 6.92 Å². The van der Waals surface area contributed by atoms with Gasteiger partial charge >= 0.3 is 0 Å². The molecule has 0 aliphatic heterocycles. The van der Waals surface area contributed by atoms with E-state index in [-0.39, 0.29) is 18.5 Å². The van der Waals surface area contributed by atoms with Gasteiger partial charge in [-0.05, 0) is 25.5 Å². The van der Waals surface area contributed by atoms with E-state index in [1.165, 1.54) is 0 Å². The van der Waals surface area contributed by atoms with E-state index in [2.05, 4.69) is 16.6 Å². The zero-order valence-electron chi connectivity index (χ0n) is 9.58. The van der Waals surface area contributed by atoms with Gasteiger partial charge in [-0.25, -0.2) is 0 Å². The van der Waals surface area contributed by atoms with Crippen LogP contribution in [0.4, 0.5) is 5.69 Å². The molecule has 1 atom stereocenters. The molecule has 0 aliphatic carbocycles. The smallest absolute Gasteiger partial charge is 0.242 e. The maximum atomic E-state index is 11.5. The van der Waals surface area contributed by atoms with Gasteiger partial charge in [0.15, 0.2) is 0 Å². The number of anilines is 1. The minimum absolute atomic E-state index is 0.0961. The molecule has 0 heterocycles. The summed E-state index contributed by atoms with van der Waals surface area (Å²) in [4.78, 5) is 11.5. The molecule has 0 spiro atoms. The maximum absolute atomic E-state index is 11.5. The van der Waals surface area contributed by atoms with Gasteiger partial charge in [0.25, 0.3) is 0 Å². The first-order valence-corrected chi connectivity index (χ1v) is 5.18. The van der Waals surface area contributed by atoms with E-state index < -0.39 is 0 Å². The van der Waals surface area contributed by atoms with Crippen molar-refractivity contribution in [1.29, 1.82) is 0 Å². The molecular formula is C13H16N2O. The van der Waals surface area contributed by atoms with E-state index in [0.717, 1.165) is 11.3 Å². The molecule has 0 saturated carbocycles. The Labute approximate surface area is 96.2 Å². The number of carbonyl (C=O) groups excluding carboxylic acids is 1. The summed E-state index contributed by atoms with van der Waals surface area (Å²) in [5.41, 5.74) is 2.07. The van der Waals surface area contributed by atoms with Crippen molar-refractivity contribution in [2.24, 2.45) is 0 Å². The Hall–Kier alpha value is -1.95. The summed E-state index contributed by atoms with van der Waals surface area (Å²) in [5, 5.41) is 5.77. The molecule has 3 nitrogen and oxygen atoms in total. The highest BCUT2D eigenvalue weighted by Crippen LogP contribution is 2.14. The highest BCUT2D eigenvalue weighted by molar-refractivity contribution is 5.84. The summed E-state index contributed by atoms with van der Waals surface area (Å²) in [7, 11) is 0. The molecule has 3 heteroatoms. The van der Waals surface area contributed by atoms with Crippen molar-refractivity contribution in [1.82, 2.24) is 5.32 Å². The third kappa shape index (κ3) is 3.32. The van der Waals surface area contributed by atoms with Crippen molar-refractivity contribution in [2.45, 2.75) is 19.9 Å². The van der Waals surface area contributed by atoms with Crippen molar-refractivity contribution in [3.8, 4) is 12.3 Å². The minimum Gasteiger partial charge on any atom is -0.374 e. The highest BCUT2D eigenvalue weighted by Gasteiger charge is 2.11. The molecule has 0 saturated heterocycles. The van der Waals surface area contributed by atoms with Crippen molar-refractivity contribution in [2.75, 3.05) is 11.9 Å². The lowest BCUT2D eigenvalue weighted by atomic mass is 10.2. The topological polar surface area (TPSA) is 41.1 Å². The maximum Gasteiger partial charge on any atom is 0.242 e. The molecular weight excluding hydrogens is 200 g/mol. The third-order valence-electron chi connectivity index (χ3n) is 2.28. The van der Waals surface area contributed by atoms with Gasteiger partial charge in [0.1, 0.15) is 6.04 Å². The molecule has 0 aromatic heterocycles. The fourth-order valence-corrected chi connectivity index (χ4v) is 1.32. The zero-order chi connectivity index (χ0) is 12.0. The third-order valence-corrected chi connectivity index (χ3v) is 2.28. The Morgan fingerprint density at radius 2 is 2.19 bits per heavy atom. The lowest BCUT2D eigenvalue weighted by molar-refractivity contribution is -0.121. The van der Waals surface area contributed by atoms with Gasteiger partial charge in [-0.3, -0.25) is 4.79 Å². The van der Waals surface area contributed by atoms with Gasteiger partial charge in [-0.2, -0.15) is 0 Å². The Bertz CT molecular complexity index is 407. The van der Waals surface area contributed by atoms with Crippen molar-refractivity contribution in [3.63, 3.8) is 0 Å². The number of nitrogens with one attached hydrogen (secondary N) is 2. The number of carbonyl (C=O) groups is 1. The monoisotopic (exact) mass is 216 g/mol. The summed E-state index contributed by atoms with van der Waals surface area (Å²) in [6, 6.07) is 7.54. The SMILES string of the molecule is C#CCNC(=O)C(C)Nc1ccccc1C. The normalized spacial score (nSPS) is 11.3. The van der Waals surface area contributed by atoms with Gasteiger partial charge in [0, 0.05) is 5.69 Å². The predicted molar refractivity (Wildman–Crippen MR) is 66.1 cm³/mol. The zero-order valence-corrected chi connectivity index (χ0v) is 9.58. The number of benzene rings is 1. The largest absolute Gasteiger partial charge is 0.374 e. The molecule has 1 rings (SSSR count). The molecule has 1 aromatic carbocycles. The molecule has 16 heavy (non-hydrogen) atoms. The van der Waals surface area contributed by atoms with Gasteiger partial charge in [0.2, 0.25) is 5.91 Å². The second-order valence-electron chi connectivity index (χ2n) is 3.60. The molecule has 1 unspecified atom stereocenters. The molecule has 0 bridgehead atoms. The van der Waals surface area contributed by atoms with Gasteiger partial charge < -0.3 is 10.6 Å². The van der Waals surface area contributed by atoms with Crippen LogP contribution in [0.25, 0.3) is 0 Å². The Morgan fingerprint density at radius 1 is 1.50 bits per heavy atom. The summed E-state index contributed by atoms with van der Waals surface area (Å²) in [6.07, 6.45) is 5.07. The minimum atomic E-state index is -0.297. The Balaban J connectivity index is 2.58. The number of hydrogen-bond donors (Lipinski definition) is 2. The van der Waals surface area contributed by atoms with Gasteiger partial charge in [0.05, 0.1) is 6.54 Å². The number of amides is 1. The fraction of sp³-hybridized carbons (Fsp3) is 0.308. The molecule has 0 radical (unpaired) electrons. The van der Waals surface area contributed by atoms with E-state index >= 15 is 0 Å². The summed E-state index contributed by atoms with van der Waals surface area (Å²) in [6.45, 7) is 4.06. The summed E-state index contributed by atoms with van der Waals surface area (Å²) < 4.78 is 0.